The molecule has 2 aliphatic rings. The summed E-state index contributed by atoms with van der Waals surface area (Å²) in [5.74, 6) is 1.06. The smallest absolute Gasteiger partial charge is 0.322 e. The number of anilines is 1. The standard InChI is InChI=1S/C19H25N5O2/c1-14-20-18(26-22-14)15-6-4-7-16(12-15)21-19(25)24-11-5-8-17(24)13-23-9-2-3-10-23/h4,6-7,12,17H,2-3,5,8-11,13H2,1H3,(H,21,25). The van der Waals surface area contributed by atoms with Crippen molar-refractivity contribution in [2.24, 2.45) is 0 Å². The Morgan fingerprint density at radius 3 is 2.88 bits per heavy atom. The van der Waals surface area contributed by atoms with Crippen molar-refractivity contribution in [3.8, 4) is 11.5 Å². The van der Waals surface area contributed by atoms with Gasteiger partial charge in [0, 0.05) is 30.4 Å². The van der Waals surface area contributed by atoms with E-state index < -0.39 is 0 Å². The molecule has 1 aromatic heterocycles. The van der Waals surface area contributed by atoms with E-state index in [0.717, 1.165) is 50.3 Å². The van der Waals surface area contributed by atoms with Gasteiger partial charge >= 0.3 is 6.03 Å². The zero-order valence-electron chi connectivity index (χ0n) is 15.1. The zero-order chi connectivity index (χ0) is 17.9. The molecule has 0 saturated carbocycles. The summed E-state index contributed by atoms with van der Waals surface area (Å²) in [7, 11) is 0. The summed E-state index contributed by atoms with van der Waals surface area (Å²) < 4.78 is 5.21. The first-order valence-electron chi connectivity index (χ1n) is 9.40. The van der Waals surface area contributed by atoms with Gasteiger partial charge < -0.3 is 19.6 Å². The molecule has 7 nitrogen and oxygen atoms in total. The molecule has 1 atom stereocenters. The number of hydrogen-bond acceptors (Lipinski definition) is 5. The number of likely N-dealkylation sites (tertiary alicyclic amines) is 2. The van der Waals surface area contributed by atoms with Gasteiger partial charge in [-0.25, -0.2) is 4.79 Å². The van der Waals surface area contributed by atoms with Gasteiger partial charge in [-0.1, -0.05) is 11.2 Å². The summed E-state index contributed by atoms with van der Waals surface area (Å²) in [6.07, 6.45) is 4.72. The molecule has 0 aliphatic carbocycles. The van der Waals surface area contributed by atoms with E-state index >= 15 is 0 Å². The molecule has 0 bridgehead atoms. The third-order valence-corrected chi connectivity index (χ3v) is 5.19. The zero-order valence-corrected chi connectivity index (χ0v) is 15.1. The number of benzene rings is 1. The van der Waals surface area contributed by atoms with Crippen molar-refractivity contribution >= 4 is 11.7 Å². The number of urea groups is 1. The van der Waals surface area contributed by atoms with Gasteiger partial charge in [0.25, 0.3) is 5.89 Å². The SMILES string of the molecule is Cc1noc(-c2cccc(NC(=O)N3CCCC3CN3CCCC3)c2)n1. The van der Waals surface area contributed by atoms with Gasteiger partial charge in [0.1, 0.15) is 0 Å². The van der Waals surface area contributed by atoms with Gasteiger partial charge in [0.05, 0.1) is 0 Å². The third-order valence-electron chi connectivity index (χ3n) is 5.19. The first-order valence-corrected chi connectivity index (χ1v) is 9.40. The average Bonchev–Trinajstić information content (AvgIpc) is 3.37. The molecular weight excluding hydrogens is 330 g/mol. The van der Waals surface area contributed by atoms with Crippen LogP contribution in [0.15, 0.2) is 28.8 Å². The summed E-state index contributed by atoms with van der Waals surface area (Å²) >= 11 is 0. The highest BCUT2D eigenvalue weighted by molar-refractivity contribution is 5.90. The van der Waals surface area contributed by atoms with Crippen molar-refractivity contribution in [2.45, 2.75) is 38.6 Å². The quantitative estimate of drug-likeness (QED) is 0.912. The maximum absolute atomic E-state index is 12.8. The Labute approximate surface area is 153 Å². The molecule has 1 unspecified atom stereocenters. The molecule has 2 aliphatic heterocycles. The summed E-state index contributed by atoms with van der Waals surface area (Å²) in [5, 5.41) is 6.85. The van der Waals surface area contributed by atoms with Crippen molar-refractivity contribution in [2.75, 3.05) is 31.5 Å². The van der Waals surface area contributed by atoms with Crippen molar-refractivity contribution in [1.29, 1.82) is 0 Å². The molecule has 2 saturated heterocycles. The predicted molar refractivity (Wildman–Crippen MR) is 98.9 cm³/mol. The summed E-state index contributed by atoms with van der Waals surface area (Å²) in [5.41, 5.74) is 1.55. The summed E-state index contributed by atoms with van der Waals surface area (Å²) in [6, 6.07) is 7.83. The van der Waals surface area contributed by atoms with Crippen LogP contribution in [0, 0.1) is 6.92 Å². The minimum atomic E-state index is -0.0226. The lowest BCUT2D eigenvalue weighted by atomic mass is 10.2. The van der Waals surface area contributed by atoms with Crippen molar-refractivity contribution in [1.82, 2.24) is 19.9 Å². The topological polar surface area (TPSA) is 74.5 Å². The number of carbonyl (C=O) groups excluding carboxylic acids is 1. The maximum Gasteiger partial charge on any atom is 0.322 e. The van der Waals surface area contributed by atoms with E-state index in [2.05, 4.69) is 20.4 Å². The molecule has 1 N–H and O–H groups in total. The van der Waals surface area contributed by atoms with Crippen molar-refractivity contribution in [3.63, 3.8) is 0 Å². The Morgan fingerprint density at radius 1 is 1.27 bits per heavy atom. The number of carbonyl (C=O) groups is 1. The van der Waals surface area contributed by atoms with E-state index in [1.807, 2.05) is 29.2 Å². The number of nitrogens with zero attached hydrogens (tertiary/aromatic N) is 4. The minimum absolute atomic E-state index is 0.0226. The number of aryl methyl sites for hydroxylation is 1. The maximum atomic E-state index is 12.8. The highest BCUT2D eigenvalue weighted by atomic mass is 16.5. The molecule has 2 amide bonds. The van der Waals surface area contributed by atoms with Crippen LogP contribution in [0.3, 0.4) is 0 Å². The lowest BCUT2D eigenvalue weighted by Gasteiger charge is -2.28. The number of aromatic nitrogens is 2. The molecule has 0 radical (unpaired) electrons. The van der Waals surface area contributed by atoms with E-state index in [9.17, 15) is 4.79 Å². The Hall–Kier alpha value is -2.41. The molecule has 2 fully saturated rings. The van der Waals surface area contributed by atoms with E-state index in [1.165, 1.54) is 12.8 Å². The second-order valence-electron chi connectivity index (χ2n) is 7.15. The van der Waals surface area contributed by atoms with E-state index in [0.29, 0.717) is 17.8 Å². The second-order valence-corrected chi connectivity index (χ2v) is 7.15. The monoisotopic (exact) mass is 355 g/mol. The lowest BCUT2D eigenvalue weighted by Crippen LogP contribution is -2.44. The molecule has 0 spiro atoms. The summed E-state index contributed by atoms with van der Waals surface area (Å²) in [6.45, 7) is 5.93. The fourth-order valence-electron chi connectivity index (χ4n) is 3.90. The molecule has 4 rings (SSSR count). The largest absolute Gasteiger partial charge is 0.334 e. The van der Waals surface area contributed by atoms with Crippen LogP contribution in [-0.4, -0.2) is 58.2 Å². The molecule has 2 aromatic rings. The van der Waals surface area contributed by atoms with Gasteiger partial charge in [-0.05, 0) is 63.9 Å². The Bertz CT molecular complexity index is 769. The molecule has 7 heteroatoms. The summed E-state index contributed by atoms with van der Waals surface area (Å²) in [4.78, 5) is 21.5. The lowest BCUT2D eigenvalue weighted by molar-refractivity contribution is 0.186. The molecule has 3 heterocycles. The minimum Gasteiger partial charge on any atom is -0.334 e. The number of hydrogen-bond donors (Lipinski definition) is 1. The van der Waals surface area contributed by atoms with Crippen molar-refractivity contribution < 1.29 is 9.32 Å². The molecule has 138 valence electrons. The van der Waals surface area contributed by atoms with Crippen LogP contribution < -0.4 is 5.32 Å². The van der Waals surface area contributed by atoms with Gasteiger partial charge in [-0.3, -0.25) is 0 Å². The van der Waals surface area contributed by atoms with E-state index in [-0.39, 0.29) is 6.03 Å². The van der Waals surface area contributed by atoms with E-state index in [4.69, 9.17) is 4.52 Å². The Balaban J connectivity index is 1.42. The number of amides is 2. The Morgan fingerprint density at radius 2 is 2.12 bits per heavy atom. The fourth-order valence-corrected chi connectivity index (χ4v) is 3.90. The molecule has 1 aromatic carbocycles. The Kier molecular flexibility index (Phi) is 4.88. The third kappa shape index (κ3) is 3.72. The van der Waals surface area contributed by atoms with Crippen LogP contribution in [-0.2, 0) is 0 Å². The van der Waals surface area contributed by atoms with Crippen LogP contribution in [0.5, 0.6) is 0 Å². The van der Waals surface area contributed by atoms with Crippen LogP contribution in [0.2, 0.25) is 0 Å². The van der Waals surface area contributed by atoms with E-state index in [1.54, 1.807) is 6.92 Å². The number of nitrogens with one attached hydrogen (secondary N) is 1. The predicted octanol–water partition coefficient (Wildman–Crippen LogP) is 3.14. The second kappa shape index (κ2) is 7.45. The highest BCUT2D eigenvalue weighted by Gasteiger charge is 2.30. The number of rotatable bonds is 4. The molecular formula is C19H25N5O2. The van der Waals surface area contributed by atoms with Crippen LogP contribution in [0.25, 0.3) is 11.5 Å². The van der Waals surface area contributed by atoms with Crippen LogP contribution in [0.4, 0.5) is 10.5 Å². The first-order chi connectivity index (χ1) is 12.7. The first kappa shape index (κ1) is 17.0. The van der Waals surface area contributed by atoms with Gasteiger partial charge in [-0.15, -0.1) is 0 Å². The fraction of sp³-hybridized carbons (Fsp3) is 0.526. The van der Waals surface area contributed by atoms with Gasteiger partial charge in [0.15, 0.2) is 5.82 Å². The van der Waals surface area contributed by atoms with Gasteiger partial charge in [-0.2, -0.15) is 4.98 Å². The highest BCUT2D eigenvalue weighted by Crippen LogP contribution is 2.24. The van der Waals surface area contributed by atoms with Gasteiger partial charge in [0.2, 0.25) is 0 Å². The normalized spacial score (nSPS) is 20.7. The average molecular weight is 355 g/mol. The van der Waals surface area contributed by atoms with Crippen molar-refractivity contribution in [3.05, 3.63) is 30.1 Å². The van der Waals surface area contributed by atoms with Crippen LogP contribution >= 0.6 is 0 Å². The molecule has 26 heavy (non-hydrogen) atoms. The van der Waals surface area contributed by atoms with Crippen LogP contribution in [0.1, 0.15) is 31.5 Å².